The van der Waals surface area contributed by atoms with Gasteiger partial charge in [0.1, 0.15) is 0 Å². The van der Waals surface area contributed by atoms with Gasteiger partial charge in [-0.1, -0.05) is 225 Å². The molecule has 4 unspecified atom stereocenters. The topological polar surface area (TPSA) is 0 Å². The molecule has 0 fully saturated rings. The van der Waals surface area contributed by atoms with Crippen molar-refractivity contribution in [2.45, 2.75) is 158 Å². The normalized spacial score (nSPS) is 24.9. The van der Waals surface area contributed by atoms with Crippen molar-refractivity contribution in [1.82, 2.24) is 0 Å². The Labute approximate surface area is 629 Å². The molecule has 0 saturated carbocycles. The molecule has 0 aromatic heterocycles. The lowest BCUT2D eigenvalue weighted by molar-refractivity contribution is 0.368. The van der Waals surface area contributed by atoms with Gasteiger partial charge in [-0.15, -0.1) is 0 Å². The lowest BCUT2D eigenvalue weighted by Crippen LogP contribution is -2.57. The van der Waals surface area contributed by atoms with E-state index < -0.39 is 27.1 Å². The molecule has 0 saturated heterocycles. The number of hydrogen-bond acceptors (Lipinski definition) is 0. The molecular weight excluding hydrogens is 1320 g/mol. The second kappa shape index (κ2) is 13.3. The fourth-order valence-corrected chi connectivity index (χ4v) is 33.0. The van der Waals surface area contributed by atoms with Crippen molar-refractivity contribution in [2.24, 2.45) is 5.92 Å². The predicted octanol–water partition coefficient (Wildman–Crippen LogP) is 27.6. The van der Waals surface area contributed by atoms with Crippen LogP contribution in [0.25, 0.3) is 215 Å². The van der Waals surface area contributed by atoms with E-state index in [4.69, 9.17) is 0 Å². The molecule has 110 heavy (non-hydrogen) atoms. The molecule has 506 valence electrons. The maximum atomic E-state index is 2.79. The molecule has 11 aliphatic carbocycles. The minimum atomic E-state index is -0.723. The summed E-state index contributed by atoms with van der Waals surface area (Å²) in [5, 5.41) is 65.1. The monoisotopic (exact) mass is 1390 g/mol. The zero-order chi connectivity index (χ0) is 71.7. The molecular formula is C110H66. The van der Waals surface area contributed by atoms with Gasteiger partial charge in [0.15, 0.2) is 0 Å². The van der Waals surface area contributed by atoms with Crippen LogP contribution in [0.2, 0.25) is 0 Å². The summed E-state index contributed by atoms with van der Waals surface area (Å²) < 4.78 is 0. The van der Waals surface area contributed by atoms with E-state index in [1.807, 2.05) is 0 Å². The van der Waals surface area contributed by atoms with Crippen LogP contribution in [0.1, 0.15) is 215 Å². The fourth-order valence-electron chi connectivity index (χ4n) is 33.0. The Morgan fingerprint density at radius 3 is 0.500 bits per heavy atom. The van der Waals surface area contributed by atoms with E-state index in [-0.39, 0.29) is 33.0 Å². The zero-order valence-corrected chi connectivity index (χ0v) is 64.1. The third kappa shape index (κ3) is 3.75. The Morgan fingerprint density at radius 2 is 0.309 bits per heavy atom. The van der Waals surface area contributed by atoms with Crippen LogP contribution in [0.15, 0.2) is 144 Å². The summed E-state index contributed by atoms with van der Waals surface area (Å²) in [6.07, 6.45) is 0. The van der Waals surface area contributed by atoms with E-state index in [0.717, 1.165) is 0 Å². The molecule has 37 rings (SSSR count). The van der Waals surface area contributed by atoms with Crippen molar-refractivity contribution < 1.29 is 0 Å². The maximum Gasteiger partial charge on any atom is 0.0724 e. The highest BCUT2D eigenvalue weighted by Crippen LogP contribution is 2.93. The number of allylic oxidation sites excluding steroid dienone is 4. The lowest BCUT2D eigenvalue weighted by Gasteiger charge is -2.60. The zero-order valence-electron chi connectivity index (χ0n) is 64.1. The first kappa shape index (κ1) is 53.0. The van der Waals surface area contributed by atoms with Crippen LogP contribution in [-0.4, -0.2) is 0 Å². The Morgan fingerprint density at radius 1 is 0.164 bits per heavy atom. The SMILES string of the molecule is CC(C)(C)c1ccc(C23C4=C5C6C7=C4C4(c8ccc(C(C)(C)C)cc8)c8c2c2c9c3c3c%10c%11c(c%12c%13c%14c(c%15c%16c%17c(c4c4c8c8c2c2c%18c9c%10c9c%10c%11c%13c%11c%13c%14c%16c%14c%16c%17c4c4c8c2c2c(c%189)c(c%10%11)c(c%14%13)c2c4%16)C7%15c2ccc(C(C)(C)C)cc2)C%126c2ccc(C(C)(C)C)cc2)C53c2ccc(C(C)(C)C)cc2)cc1. The fraction of sp³-hybridized carbons (Fsp3) is 0.236. The van der Waals surface area contributed by atoms with Gasteiger partial charge in [-0.2, -0.15) is 0 Å². The standard InChI is InChI=1S/C110H66/c1-101(2,3)36-16-26-41(27-17-36)106-86-76-66-56-51-46-47-49-50-48(46)53-60-58(51)68(66)78-80-70(60)72-62(53)64-55(50)65-63-54(49)61-59-52(47)57(56)67-69(59)79-81-71(61)73(63)83-85-75(65)74(64)84-82(72)92-90(80)107(88(78)86,42-28-18-37(19-29-42)102(4,5)6)97-96(106)98-100-99(97)109(92,44-32-22-39(23-33-44)104(10,11)12)94(84)95(85)110(100,45-34-24-40(25-35-45)105(13,14)15)93(83)91(81)108(98,89(79)87(106)77(67)76)43-30-20-38(21-31-43)103(7,8)9/h16-35,96H,1-15H3. The number of hydrogen-bond donors (Lipinski definition) is 0. The van der Waals surface area contributed by atoms with Gasteiger partial charge in [0, 0.05) is 5.92 Å². The van der Waals surface area contributed by atoms with E-state index in [0.29, 0.717) is 0 Å². The van der Waals surface area contributed by atoms with E-state index in [2.05, 4.69) is 225 Å². The molecule has 0 heteroatoms. The second-order valence-corrected chi connectivity index (χ2v) is 43.7. The Hall–Kier alpha value is -10.9. The minimum Gasteiger partial charge on any atom is -0.0582 e. The summed E-state index contributed by atoms with van der Waals surface area (Å²) in [5.74, 6) is -0.107. The third-order valence-electron chi connectivity index (χ3n) is 35.6. The summed E-state index contributed by atoms with van der Waals surface area (Å²) in [7, 11) is 0. The minimum absolute atomic E-state index is 0.0532. The molecule has 0 N–H and O–H groups in total. The highest BCUT2D eigenvalue weighted by Gasteiger charge is 2.83. The van der Waals surface area contributed by atoms with Crippen molar-refractivity contribution in [1.29, 1.82) is 0 Å². The molecule has 0 aliphatic heterocycles. The van der Waals surface area contributed by atoms with Crippen molar-refractivity contribution >= 4 is 215 Å². The van der Waals surface area contributed by atoms with Gasteiger partial charge < -0.3 is 0 Å². The summed E-state index contributed by atoms with van der Waals surface area (Å²) in [5.41, 5.74) is 34.4. The molecule has 11 aliphatic rings. The van der Waals surface area contributed by atoms with Crippen LogP contribution in [0.3, 0.4) is 0 Å². The molecule has 0 spiro atoms. The summed E-state index contributed by atoms with van der Waals surface area (Å²) in [6, 6.07) is 54.2. The molecule has 26 aromatic rings. The summed E-state index contributed by atoms with van der Waals surface area (Å²) in [6.45, 7) is 36.8. The third-order valence-corrected chi connectivity index (χ3v) is 35.6. The molecule has 0 nitrogen and oxygen atoms in total. The summed E-state index contributed by atoms with van der Waals surface area (Å²) >= 11 is 0. The quantitative estimate of drug-likeness (QED) is 0.151. The van der Waals surface area contributed by atoms with E-state index in [9.17, 15) is 0 Å². The number of rotatable bonds is 5. The largest absolute Gasteiger partial charge is 0.0724 e. The second-order valence-electron chi connectivity index (χ2n) is 43.7. The molecule has 0 amide bonds. The van der Waals surface area contributed by atoms with Gasteiger partial charge in [0.25, 0.3) is 0 Å². The average Bonchev–Trinajstić information content (AvgIpc) is 1.37. The van der Waals surface area contributed by atoms with Gasteiger partial charge in [-0.3, -0.25) is 0 Å². The van der Waals surface area contributed by atoms with Crippen LogP contribution in [-0.2, 0) is 54.1 Å². The van der Waals surface area contributed by atoms with Crippen LogP contribution in [0.5, 0.6) is 0 Å². The van der Waals surface area contributed by atoms with E-state index in [1.54, 1.807) is 293 Å². The highest BCUT2D eigenvalue weighted by molar-refractivity contribution is 6.77. The van der Waals surface area contributed by atoms with Crippen LogP contribution >= 0.6 is 0 Å². The Balaban J connectivity index is 0.956. The van der Waals surface area contributed by atoms with Crippen molar-refractivity contribution in [3.05, 3.63) is 255 Å². The van der Waals surface area contributed by atoms with Crippen molar-refractivity contribution in [3.8, 4) is 0 Å². The van der Waals surface area contributed by atoms with Crippen LogP contribution < -0.4 is 0 Å². The Kier molecular flexibility index (Phi) is 6.39. The van der Waals surface area contributed by atoms with E-state index >= 15 is 0 Å². The molecule has 4 atom stereocenters. The predicted molar refractivity (Wildman–Crippen MR) is 461 cm³/mol. The smallest absolute Gasteiger partial charge is 0.0582 e. The van der Waals surface area contributed by atoms with Gasteiger partial charge in [-0.05, 0) is 376 Å². The first-order valence-corrected chi connectivity index (χ1v) is 41.7. The van der Waals surface area contributed by atoms with Crippen molar-refractivity contribution in [2.75, 3.05) is 0 Å². The average molecular weight is 1390 g/mol. The van der Waals surface area contributed by atoms with Gasteiger partial charge >= 0.3 is 0 Å². The Bertz CT molecular complexity index is 8800. The van der Waals surface area contributed by atoms with Gasteiger partial charge in [-0.25, -0.2) is 0 Å². The molecule has 0 radical (unpaired) electrons. The highest BCUT2D eigenvalue weighted by atomic mass is 14.8. The van der Waals surface area contributed by atoms with E-state index in [1.165, 1.54) is 55.6 Å². The first-order chi connectivity index (χ1) is 52.9. The van der Waals surface area contributed by atoms with Crippen LogP contribution in [0, 0.1) is 5.92 Å². The summed E-state index contributed by atoms with van der Waals surface area (Å²) in [4.78, 5) is 0. The first-order valence-electron chi connectivity index (χ1n) is 41.7. The van der Waals surface area contributed by atoms with Gasteiger partial charge in [0.2, 0.25) is 0 Å². The molecule has 26 aromatic carbocycles. The molecule has 0 bridgehead atoms. The van der Waals surface area contributed by atoms with Crippen molar-refractivity contribution in [3.63, 3.8) is 0 Å². The number of benzene rings is 20. The lowest BCUT2D eigenvalue weighted by atomic mass is 9.40. The maximum absolute atomic E-state index is 2.79. The molecule has 0 heterocycles. The van der Waals surface area contributed by atoms with Crippen LogP contribution in [0.4, 0.5) is 0 Å². The van der Waals surface area contributed by atoms with Gasteiger partial charge in [0.05, 0.1) is 27.1 Å².